The zero-order valence-electron chi connectivity index (χ0n) is 10.5. The van der Waals surface area contributed by atoms with Crippen molar-refractivity contribution in [1.82, 2.24) is 0 Å². The molecule has 0 aliphatic heterocycles. The molecule has 0 fully saturated rings. The predicted molar refractivity (Wildman–Crippen MR) is 79.6 cm³/mol. The Hall–Kier alpha value is -2.48. The van der Waals surface area contributed by atoms with E-state index in [1.54, 1.807) is 12.1 Å². The van der Waals surface area contributed by atoms with E-state index in [0.29, 0.717) is 10.2 Å². The fourth-order valence-corrected chi connectivity index (χ4v) is 2.07. The first-order chi connectivity index (χ1) is 9.88. The molecular weight excluding hydrogens is 345 g/mol. The van der Waals surface area contributed by atoms with Crippen LogP contribution in [-0.4, -0.2) is 10.8 Å². The molecule has 0 atom stereocenters. The first kappa shape index (κ1) is 14.9. The lowest BCUT2D eigenvalue weighted by atomic mass is 10.2. The minimum atomic E-state index is -1.02. The van der Waals surface area contributed by atoms with Crippen molar-refractivity contribution in [2.24, 2.45) is 0 Å². The van der Waals surface area contributed by atoms with Gasteiger partial charge >= 0.3 is 5.69 Å². The van der Waals surface area contributed by atoms with Gasteiger partial charge in [-0.2, -0.15) is 4.39 Å². The second-order valence-electron chi connectivity index (χ2n) is 4.12. The number of halogens is 2. The molecule has 0 radical (unpaired) electrons. The van der Waals surface area contributed by atoms with Gasteiger partial charge in [-0.3, -0.25) is 14.9 Å². The van der Waals surface area contributed by atoms with Crippen molar-refractivity contribution >= 4 is 38.9 Å². The summed E-state index contributed by atoms with van der Waals surface area (Å²) in [7, 11) is 0. The predicted octanol–water partition coefficient (Wildman–Crippen LogP) is 3.33. The highest BCUT2D eigenvalue weighted by Crippen LogP contribution is 2.23. The molecule has 2 rings (SSSR count). The standard InChI is InChI=1S/C13H9BrFN3O3/c14-10-3-1-7(16)5-9(10)13(19)17-8-2-4-12(18(20)21)11(15)6-8/h1-6H,16H2,(H,17,19). The van der Waals surface area contributed by atoms with Gasteiger partial charge in [0, 0.05) is 28.0 Å². The number of nitrogens with one attached hydrogen (secondary N) is 1. The van der Waals surface area contributed by atoms with Crippen LogP contribution in [0, 0.1) is 15.9 Å². The lowest BCUT2D eigenvalue weighted by Gasteiger charge is -2.08. The number of anilines is 2. The smallest absolute Gasteiger partial charge is 0.304 e. The van der Waals surface area contributed by atoms with Gasteiger partial charge in [0.2, 0.25) is 5.82 Å². The quantitative estimate of drug-likeness (QED) is 0.502. The lowest BCUT2D eigenvalue weighted by Crippen LogP contribution is -2.13. The average molecular weight is 354 g/mol. The largest absolute Gasteiger partial charge is 0.399 e. The van der Waals surface area contributed by atoms with Crippen LogP contribution >= 0.6 is 15.9 Å². The highest BCUT2D eigenvalue weighted by Gasteiger charge is 2.16. The van der Waals surface area contributed by atoms with Gasteiger partial charge in [0.1, 0.15) is 0 Å². The normalized spacial score (nSPS) is 10.2. The van der Waals surface area contributed by atoms with Crippen LogP contribution in [0.15, 0.2) is 40.9 Å². The molecule has 0 aromatic heterocycles. The summed E-state index contributed by atoms with van der Waals surface area (Å²) in [6.07, 6.45) is 0. The number of nitro groups is 1. The number of carbonyl (C=O) groups is 1. The van der Waals surface area contributed by atoms with Crippen LogP contribution in [0.1, 0.15) is 10.4 Å². The van der Waals surface area contributed by atoms with E-state index >= 15 is 0 Å². The van der Waals surface area contributed by atoms with Crippen molar-refractivity contribution in [3.63, 3.8) is 0 Å². The molecule has 0 unspecified atom stereocenters. The van der Waals surface area contributed by atoms with Crippen LogP contribution in [0.4, 0.5) is 21.5 Å². The van der Waals surface area contributed by atoms with E-state index in [1.165, 1.54) is 12.1 Å². The molecule has 6 nitrogen and oxygen atoms in total. The molecule has 0 spiro atoms. The van der Waals surface area contributed by atoms with Crippen LogP contribution in [0.2, 0.25) is 0 Å². The van der Waals surface area contributed by atoms with E-state index < -0.39 is 22.3 Å². The summed E-state index contributed by atoms with van der Waals surface area (Å²) in [6.45, 7) is 0. The third-order valence-electron chi connectivity index (χ3n) is 2.64. The highest BCUT2D eigenvalue weighted by molar-refractivity contribution is 9.10. The number of hydrogen-bond acceptors (Lipinski definition) is 4. The summed E-state index contributed by atoms with van der Waals surface area (Å²) in [6, 6.07) is 7.81. The second kappa shape index (κ2) is 5.88. The molecule has 8 heteroatoms. The molecule has 108 valence electrons. The topological polar surface area (TPSA) is 98.3 Å². The van der Waals surface area contributed by atoms with E-state index in [4.69, 9.17) is 5.73 Å². The van der Waals surface area contributed by atoms with E-state index in [9.17, 15) is 19.3 Å². The van der Waals surface area contributed by atoms with E-state index in [2.05, 4.69) is 21.2 Å². The highest BCUT2D eigenvalue weighted by atomic mass is 79.9. The van der Waals surface area contributed by atoms with Gasteiger partial charge in [-0.1, -0.05) is 0 Å². The summed E-state index contributed by atoms with van der Waals surface area (Å²) in [5.74, 6) is -1.54. The van der Waals surface area contributed by atoms with E-state index in [0.717, 1.165) is 12.1 Å². The number of hydrogen-bond donors (Lipinski definition) is 2. The Morgan fingerprint density at radius 1 is 1.29 bits per heavy atom. The van der Waals surface area contributed by atoms with Crippen LogP contribution in [0.5, 0.6) is 0 Å². The summed E-state index contributed by atoms with van der Waals surface area (Å²) < 4.78 is 14.0. The maximum Gasteiger partial charge on any atom is 0.304 e. The number of benzene rings is 2. The molecule has 21 heavy (non-hydrogen) atoms. The third-order valence-corrected chi connectivity index (χ3v) is 3.33. The van der Waals surface area contributed by atoms with Crippen LogP contribution < -0.4 is 11.1 Å². The zero-order valence-corrected chi connectivity index (χ0v) is 12.1. The number of rotatable bonds is 3. The fraction of sp³-hybridized carbons (Fsp3) is 0. The van der Waals surface area contributed by atoms with Crippen molar-refractivity contribution in [2.45, 2.75) is 0 Å². The van der Waals surface area contributed by atoms with Gasteiger partial charge in [0.25, 0.3) is 5.91 Å². The monoisotopic (exact) mass is 353 g/mol. The first-order valence-electron chi connectivity index (χ1n) is 5.69. The average Bonchev–Trinajstić information content (AvgIpc) is 2.41. The molecule has 3 N–H and O–H groups in total. The molecule has 0 aliphatic rings. The Kier molecular flexibility index (Phi) is 4.18. The molecule has 0 heterocycles. The summed E-state index contributed by atoms with van der Waals surface area (Å²) >= 11 is 3.21. The number of nitro benzene ring substituents is 1. The van der Waals surface area contributed by atoms with Crippen molar-refractivity contribution in [1.29, 1.82) is 0 Å². The number of nitrogens with zero attached hydrogens (tertiary/aromatic N) is 1. The van der Waals surface area contributed by atoms with Gasteiger partial charge < -0.3 is 11.1 Å². The van der Waals surface area contributed by atoms with Gasteiger partial charge in [-0.15, -0.1) is 0 Å². The minimum absolute atomic E-state index is 0.109. The fourth-order valence-electron chi connectivity index (χ4n) is 1.65. The number of amides is 1. The zero-order chi connectivity index (χ0) is 15.6. The lowest BCUT2D eigenvalue weighted by molar-refractivity contribution is -0.387. The first-order valence-corrected chi connectivity index (χ1v) is 6.48. The maximum absolute atomic E-state index is 13.5. The van der Waals surface area contributed by atoms with Crippen LogP contribution in [-0.2, 0) is 0 Å². The molecular formula is C13H9BrFN3O3. The molecule has 2 aromatic carbocycles. The van der Waals surface area contributed by atoms with Gasteiger partial charge in [0.05, 0.1) is 10.5 Å². The summed E-state index contributed by atoms with van der Waals surface area (Å²) in [5.41, 5.74) is 5.73. The summed E-state index contributed by atoms with van der Waals surface area (Å²) in [5, 5.41) is 13.0. The molecule has 1 amide bonds. The SMILES string of the molecule is Nc1ccc(Br)c(C(=O)Nc2ccc([N+](=O)[O-])c(F)c2)c1. The Morgan fingerprint density at radius 3 is 2.62 bits per heavy atom. The number of nitrogens with two attached hydrogens (primary N) is 1. The minimum Gasteiger partial charge on any atom is -0.399 e. The van der Waals surface area contributed by atoms with Crippen molar-refractivity contribution in [3.8, 4) is 0 Å². The van der Waals surface area contributed by atoms with Crippen LogP contribution in [0.3, 0.4) is 0 Å². The Morgan fingerprint density at radius 2 is 2.00 bits per heavy atom. The van der Waals surface area contributed by atoms with Crippen molar-refractivity contribution < 1.29 is 14.1 Å². The van der Waals surface area contributed by atoms with Crippen LogP contribution in [0.25, 0.3) is 0 Å². The molecule has 2 aromatic rings. The van der Waals surface area contributed by atoms with Gasteiger partial charge in [0.15, 0.2) is 0 Å². The Balaban J connectivity index is 2.26. The van der Waals surface area contributed by atoms with Gasteiger partial charge in [-0.05, 0) is 40.2 Å². The molecule has 0 saturated carbocycles. The Bertz CT molecular complexity index is 737. The van der Waals surface area contributed by atoms with Crippen molar-refractivity contribution in [2.75, 3.05) is 11.1 Å². The number of nitrogen functional groups attached to an aromatic ring is 1. The Labute approximate surface area is 127 Å². The molecule has 0 saturated heterocycles. The molecule has 0 aliphatic carbocycles. The second-order valence-corrected chi connectivity index (χ2v) is 4.97. The van der Waals surface area contributed by atoms with E-state index in [1.807, 2.05) is 0 Å². The maximum atomic E-state index is 13.5. The molecule has 0 bridgehead atoms. The number of carbonyl (C=O) groups excluding carboxylic acids is 1. The van der Waals surface area contributed by atoms with E-state index in [-0.39, 0.29) is 11.3 Å². The van der Waals surface area contributed by atoms with Gasteiger partial charge in [-0.25, -0.2) is 0 Å². The summed E-state index contributed by atoms with van der Waals surface area (Å²) in [4.78, 5) is 21.7. The van der Waals surface area contributed by atoms with Crippen molar-refractivity contribution in [3.05, 3.63) is 62.4 Å². The third kappa shape index (κ3) is 3.34.